The maximum absolute atomic E-state index is 2.29. The zero-order chi connectivity index (χ0) is 6.24. The number of hydrogen-bond acceptors (Lipinski definition) is 0. The largest absolute Gasteiger partial charge is 0.0686 e. The number of rotatable bonds is 5. The molecule has 8 heavy (non-hydrogen) atoms. The molecular weight excluding hydrogens is 128 g/mol. The van der Waals surface area contributed by atoms with Crippen molar-refractivity contribution < 1.29 is 0 Å². The van der Waals surface area contributed by atoms with Crippen LogP contribution in [0.5, 0.6) is 0 Å². The Morgan fingerprint density at radius 2 is 2.12 bits per heavy atom. The normalized spacial score (nSPS) is 11.6. The molecule has 0 unspecified atom stereocenters. The molecule has 0 amide bonds. The lowest BCUT2D eigenvalue weighted by Gasteiger charge is -1.92. The molecule has 0 N–H and O–H groups in total. The molecule has 0 aliphatic heterocycles. The highest BCUT2D eigenvalue weighted by Gasteiger charge is 1.84. The minimum atomic E-state index is 0.435. The summed E-state index contributed by atoms with van der Waals surface area (Å²) in [4.78, 5) is 0. The van der Waals surface area contributed by atoms with Crippen LogP contribution in [-0.4, -0.2) is 19.8 Å². The van der Waals surface area contributed by atoms with Crippen LogP contribution in [0.3, 0.4) is 0 Å². The van der Waals surface area contributed by atoms with E-state index < -0.39 is 0 Å². The third-order valence-electron chi connectivity index (χ3n) is 1.46. The molecule has 0 saturated carbocycles. The van der Waals surface area contributed by atoms with Gasteiger partial charge in [-0.3, -0.25) is 0 Å². The molecule has 0 spiro atoms. The van der Waals surface area contributed by atoms with Gasteiger partial charge in [0.25, 0.3) is 0 Å². The Hall–Kier alpha value is 0.434. The number of hydrogen-bond donors (Lipinski definition) is 0. The average Bonchev–Trinajstić information content (AvgIpc) is 1.81. The zero-order valence-corrected chi connectivity index (χ0v) is 9.66. The standard InChI is InChI=1S/C6H18Si2/c1-2-3-5-8-6-4-7/h2-6,8H2,1,7H3. The summed E-state index contributed by atoms with van der Waals surface area (Å²) in [6, 6.07) is 4.81. The van der Waals surface area contributed by atoms with Gasteiger partial charge < -0.3 is 0 Å². The summed E-state index contributed by atoms with van der Waals surface area (Å²) in [7, 11) is 1.88. The van der Waals surface area contributed by atoms with E-state index in [9.17, 15) is 0 Å². The lowest BCUT2D eigenvalue weighted by atomic mass is 10.4. The van der Waals surface area contributed by atoms with E-state index in [-0.39, 0.29) is 0 Å². The average molecular weight is 146 g/mol. The molecule has 50 valence electrons. The van der Waals surface area contributed by atoms with Crippen molar-refractivity contribution in [3.05, 3.63) is 0 Å². The van der Waals surface area contributed by atoms with E-state index in [0.717, 1.165) is 0 Å². The molecular formula is C6H18Si2. The van der Waals surface area contributed by atoms with Gasteiger partial charge in [0.15, 0.2) is 0 Å². The molecule has 0 radical (unpaired) electrons. The smallest absolute Gasteiger partial charge is 0.0194 e. The van der Waals surface area contributed by atoms with Gasteiger partial charge in [-0.1, -0.05) is 37.9 Å². The maximum Gasteiger partial charge on any atom is 0.0194 e. The molecule has 0 aliphatic carbocycles. The van der Waals surface area contributed by atoms with E-state index in [2.05, 4.69) is 6.92 Å². The molecule has 0 bridgehead atoms. The van der Waals surface area contributed by atoms with Crippen molar-refractivity contribution >= 4 is 19.8 Å². The van der Waals surface area contributed by atoms with Crippen molar-refractivity contribution in [3.8, 4) is 0 Å². The van der Waals surface area contributed by atoms with Gasteiger partial charge in [0.05, 0.1) is 0 Å². The lowest BCUT2D eigenvalue weighted by molar-refractivity contribution is 0.877. The van der Waals surface area contributed by atoms with Gasteiger partial charge in [0, 0.05) is 19.8 Å². The predicted molar refractivity (Wildman–Crippen MR) is 47.8 cm³/mol. The van der Waals surface area contributed by atoms with Crippen LogP contribution in [0.25, 0.3) is 0 Å². The minimum Gasteiger partial charge on any atom is -0.0686 e. The molecule has 0 heterocycles. The van der Waals surface area contributed by atoms with Gasteiger partial charge >= 0.3 is 0 Å². The van der Waals surface area contributed by atoms with Crippen molar-refractivity contribution in [2.24, 2.45) is 0 Å². The Balaban J connectivity index is 2.53. The van der Waals surface area contributed by atoms with Crippen LogP contribution in [0.15, 0.2) is 0 Å². The molecule has 0 fully saturated rings. The first-order valence-electron chi connectivity index (χ1n) is 3.91. The van der Waals surface area contributed by atoms with Crippen LogP contribution in [0, 0.1) is 0 Å². The van der Waals surface area contributed by atoms with Gasteiger partial charge in [0.1, 0.15) is 0 Å². The molecule has 0 aromatic carbocycles. The summed E-state index contributed by atoms with van der Waals surface area (Å²) < 4.78 is 0. The van der Waals surface area contributed by atoms with Gasteiger partial charge in [-0.05, 0) is 0 Å². The zero-order valence-electron chi connectivity index (χ0n) is 6.24. The molecule has 0 atom stereocenters. The number of unbranched alkanes of at least 4 members (excludes halogenated alkanes) is 1. The molecule has 0 aromatic rings. The Kier molecular flexibility index (Phi) is 7.84. The Morgan fingerprint density at radius 1 is 1.38 bits per heavy atom. The van der Waals surface area contributed by atoms with E-state index in [0.29, 0.717) is 9.52 Å². The predicted octanol–water partition coefficient (Wildman–Crippen LogP) is 0.576. The Bertz CT molecular complexity index is 31.5. The topological polar surface area (TPSA) is 0 Å². The Labute approximate surface area is 58.3 Å². The van der Waals surface area contributed by atoms with Gasteiger partial charge in [-0.2, -0.15) is 0 Å². The van der Waals surface area contributed by atoms with Crippen LogP contribution < -0.4 is 0 Å². The maximum atomic E-state index is 2.29. The highest BCUT2D eigenvalue weighted by Crippen LogP contribution is 1.96. The third-order valence-corrected chi connectivity index (χ3v) is 5.79. The van der Waals surface area contributed by atoms with E-state index in [1.807, 2.05) is 0 Å². The fourth-order valence-corrected chi connectivity index (χ4v) is 4.06. The summed E-state index contributed by atoms with van der Waals surface area (Å²) in [5, 5.41) is 0. The minimum absolute atomic E-state index is 0.435. The first-order chi connectivity index (χ1) is 3.91. The Morgan fingerprint density at radius 3 is 2.62 bits per heavy atom. The van der Waals surface area contributed by atoms with Crippen molar-refractivity contribution in [1.82, 2.24) is 0 Å². The second-order valence-corrected chi connectivity index (χ2v) is 5.54. The second-order valence-electron chi connectivity index (χ2n) is 2.41. The van der Waals surface area contributed by atoms with E-state index in [1.165, 1.54) is 23.1 Å². The SMILES string of the molecule is CCCC[SiH2]CC[SiH3]. The van der Waals surface area contributed by atoms with E-state index in [4.69, 9.17) is 0 Å². The first-order valence-corrected chi connectivity index (χ1v) is 7.33. The highest BCUT2D eigenvalue weighted by molar-refractivity contribution is 6.36. The summed E-state index contributed by atoms with van der Waals surface area (Å²) in [5.41, 5.74) is 0. The summed E-state index contributed by atoms with van der Waals surface area (Å²) in [5.74, 6) is 0. The van der Waals surface area contributed by atoms with Crippen LogP contribution in [0.2, 0.25) is 18.1 Å². The molecule has 0 aromatic heterocycles. The first kappa shape index (κ1) is 8.43. The fraction of sp³-hybridized carbons (Fsp3) is 1.00. The quantitative estimate of drug-likeness (QED) is 0.393. The van der Waals surface area contributed by atoms with Gasteiger partial charge in [0.2, 0.25) is 0 Å². The van der Waals surface area contributed by atoms with E-state index in [1.54, 1.807) is 18.1 Å². The summed E-state index contributed by atoms with van der Waals surface area (Å²) in [6.45, 7) is 2.29. The molecule has 2 heteroatoms. The van der Waals surface area contributed by atoms with Crippen molar-refractivity contribution in [3.63, 3.8) is 0 Å². The van der Waals surface area contributed by atoms with Crippen LogP contribution in [0.4, 0.5) is 0 Å². The van der Waals surface area contributed by atoms with Crippen LogP contribution in [0.1, 0.15) is 19.8 Å². The van der Waals surface area contributed by atoms with Gasteiger partial charge in [-0.15, -0.1) is 0 Å². The van der Waals surface area contributed by atoms with Crippen LogP contribution >= 0.6 is 0 Å². The highest BCUT2D eigenvalue weighted by atomic mass is 28.2. The molecule has 0 rings (SSSR count). The molecule has 0 nitrogen and oxygen atoms in total. The van der Waals surface area contributed by atoms with Gasteiger partial charge in [-0.25, -0.2) is 0 Å². The van der Waals surface area contributed by atoms with Crippen molar-refractivity contribution in [2.75, 3.05) is 0 Å². The summed E-state index contributed by atoms with van der Waals surface area (Å²) >= 11 is 0. The van der Waals surface area contributed by atoms with Crippen molar-refractivity contribution in [2.45, 2.75) is 37.9 Å². The third kappa shape index (κ3) is 6.43. The van der Waals surface area contributed by atoms with Crippen molar-refractivity contribution in [1.29, 1.82) is 0 Å². The van der Waals surface area contributed by atoms with Crippen LogP contribution in [-0.2, 0) is 0 Å². The fourth-order valence-electron chi connectivity index (χ4n) is 0.854. The molecule has 0 aliphatic rings. The monoisotopic (exact) mass is 146 g/mol. The second kappa shape index (κ2) is 7.43. The molecule has 0 saturated heterocycles. The summed E-state index contributed by atoms with van der Waals surface area (Å²) in [6.07, 6.45) is 2.92. The van der Waals surface area contributed by atoms with E-state index >= 15 is 0 Å². The lowest BCUT2D eigenvalue weighted by Crippen LogP contribution is -1.86.